The standard InChI is InChI=1S/C10H11ClN2/c1-3-10(5-6-10)8-9(11)12-7-13(8)4-2/h1,7H,4-6H2,2H3. The van der Waals surface area contributed by atoms with E-state index in [1.54, 1.807) is 6.33 Å². The predicted octanol–water partition coefficient (Wildman–Crippen LogP) is 2.22. The Morgan fingerprint density at radius 3 is 2.92 bits per heavy atom. The summed E-state index contributed by atoms with van der Waals surface area (Å²) in [6.07, 6.45) is 9.33. The van der Waals surface area contributed by atoms with Crippen LogP contribution in [0.2, 0.25) is 5.15 Å². The first kappa shape index (κ1) is 8.65. The van der Waals surface area contributed by atoms with Crippen molar-refractivity contribution in [3.8, 4) is 12.3 Å². The van der Waals surface area contributed by atoms with Gasteiger partial charge < -0.3 is 4.57 Å². The first-order valence-corrected chi connectivity index (χ1v) is 4.80. The van der Waals surface area contributed by atoms with Crippen LogP contribution in [0.3, 0.4) is 0 Å². The summed E-state index contributed by atoms with van der Waals surface area (Å²) in [4.78, 5) is 4.07. The Morgan fingerprint density at radius 1 is 1.77 bits per heavy atom. The lowest BCUT2D eigenvalue weighted by molar-refractivity contribution is 0.681. The van der Waals surface area contributed by atoms with Crippen LogP contribution in [0.25, 0.3) is 0 Å². The molecule has 1 aliphatic carbocycles. The van der Waals surface area contributed by atoms with E-state index in [4.69, 9.17) is 18.0 Å². The summed E-state index contributed by atoms with van der Waals surface area (Å²) < 4.78 is 2.04. The van der Waals surface area contributed by atoms with Gasteiger partial charge in [0.1, 0.15) is 0 Å². The van der Waals surface area contributed by atoms with Crippen LogP contribution in [-0.4, -0.2) is 9.55 Å². The van der Waals surface area contributed by atoms with Crippen molar-refractivity contribution in [1.82, 2.24) is 9.55 Å². The average molecular weight is 195 g/mol. The van der Waals surface area contributed by atoms with Crippen molar-refractivity contribution < 1.29 is 0 Å². The number of nitrogens with zero attached hydrogens (tertiary/aromatic N) is 2. The highest BCUT2D eigenvalue weighted by molar-refractivity contribution is 6.30. The van der Waals surface area contributed by atoms with Crippen LogP contribution < -0.4 is 0 Å². The third-order valence-electron chi connectivity index (χ3n) is 2.61. The van der Waals surface area contributed by atoms with Crippen molar-refractivity contribution >= 4 is 11.6 Å². The van der Waals surface area contributed by atoms with Gasteiger partial charge in [-0.2, -0.15) is 0 Å². The maximum absolute atomic E-state index is 6.00. The van der Waals surface area contributed by atoms with Crippen molar-refractivity contribution in [2.75, 3.05) is 0 Å². The number of imidazole rings is 1. The van der Waals surface area contributed by atoms with Crippen LogP contribution in [0.5, 0.6) is 0 Å². The second-order valence-corrected chi connectivity index (χ2v) is 3.75. The van der Waals surface area contributed by atoms with Gasteiger partial charge in [0.15, 0.2) is 5.15 Å². The summed E-state index contributed by atoms with van der Waals surface area (Å²) >= 11 is 6.00. The molecule has 1 fully saturated rings. The molecule has 0 atom stereocenters. The van der Waals surface area contributed by atoms with Gasteiger partial charge in [-0.3, -0.25) is 0 Å². The SMILES string of the molecule is C#CC1(c2c(Cl)ncn2CC)CC1. The normalized spacial score (nSPS) is 18.2. The summed E-state index contributed by atoms with van der Waals surface area (Å²) in [6.45, 7) is 2.94. The molecular formula is C10H11ClN2. The zero-order valence-electron chi connectivity index (χ0n) is 7.55. The summed E-state index contributed by atoms with van der Waals surface area (Å²) in [5.41, 5.74) is 0.919. The summed E-state index contributed by atoms with van der Waals surface area (Å²) in [5.74, 6) is 2.83. The Morgan fingerprint density at radius 2 is 2.46 bits per heavy atom. The average Bonchev–Trinajstić information content (AvgIpc) is 2.85. The molecule has 0 unspecified atom stereocenters. The van der Waals surface area contributed by atoms with E-state index >= 15 is 0 Å². The Bertz CT molecular complexity index is 369. The van der Waals surface area contributed by atoms with Crippen molar-refractivity contribution in [2.24, 2.45) is 0 Å². The summed E-state index contributed by atoms with van der Waals surface area (Å²) in [5, 5.41) is 0.567. The molecule has 2 nitrogen and oxygen atoms in total. The minimum Gasteiger partial charge on any atom is -0.332 e. The fraction of sp³-hybridized carbons (Fsp3) is 0.500. The lowest BCUT2D eigenvalue weighted by atomic mass is 10.0. The number of hydrogen-bond donors (Lipinski definition) is 0. The first-order valence-electron chi connectivity index (χ1n) is 4.42. The maximum Gasteiger partial charge on any atom is 0.151 e. The number of aromatic nitrogens is 2. The van der Waals surface area contributed by atoms with Crippen LogP contribution in [0.15, 0.2) is 6.33 Å². The van der Waals surface area contributed by atoms with Crippen LogP contribution in [-0.2, 0) is 12.0 Å². The Kier molecular flexibility index (Phi) is 1.85. The van der Waals surface area contributed by atoms with Gasteiger partial charge in [0, 0.05) is 6.54 Å². The topological polar surface area (TPSA) is 17.8 Å². The van der Waals surface area contributed by atoms with E-state index in [1.165, 1.54) is 0 Å². The summed E-state index contributed by atoms with van der Waals surface area (Å²) in [7, 11) is 0. The van der Waals surface area contributed by atoms with Crippen LogP contribution >= 0.6 is 11.6 Å². The highest BCUT2D eigenvalue weighted by Gasteiger charge is 2.46. The number of terminal acetylenes is 1. The lowest BCUT2D eigenvalue weighted by Gasteiger charge is -2.10. The van der Waals surface area contributed by atoms with Gasteiger partial charge in [-0.05, 0) is 19.8 Å². The van der Waals surface area contributed by atoms with E-state index in [9.17, 15) is 0 Å². The fourth-order valence-electron chi connectivity index (χ4n) is 1.64. The molecule has 13 heavy (non-hydrogen) atoms. The van der Waals surface area contributed by atoms with Gasteiger partial charge in [0.25, 0.3) is 0 Å². The Labute approximate surface area is 82.9 Å². The van der Waals surface area contributed by atoms with Crippen molar-refractivity contribution in [2.45, 2.75) is 31.7 Å². The second kappa shape index (κ2) is 2.78. The van der Waals surface area contributed by atoms with E-state index in [0.29, 0.717) is 5.15 Å². The van der Waals surface area contributed by atoms with Gasteiger partial charge >= 0.3 is 0 Å². The zero-order valence-corrected chi connectivity index (χ0v) is 8.30. The number of aryl methyl sites for hydroxylation is 1. The quantitative estimate of drug-likeness (QED) is 0.661. The van der Waals surface area contributed by atoms with Crippen molar-refractivity contribution in [3.05, 3.63) is 17.2 Å². The summed E-state index contributed by atoms with van der Waals surface area (Å²) in [6, 6.07) is 0. The van der Waals surface area contributed by atoms with E-state index in [0.717, 1.165) is 25.1 Å². The van der Waals surface area contributed by atoms with E-state index in [-0.39, 0.29) is 5.41 Å². The van der Waals surface area contributed by atoms with E-state index < -0.39 is 0 Å². The molecular weight excluding hydrogens is 184 g/mol. The van der Waals surface area contributed by atoms with E-state index in [1.807, 2.05) is 4.57 Å². The molecule has 1 aliphatic rings. The molecule has 68 valence electrons. The van der Waals surface area contributed by atoms with E-state index in [2.05, 4.69) is 17.8 Å². The van der Waals surface area contributed by atoms with Gasteiger partial charge in [-0.1, -0.05) is 17.5 Å². The second-order valence-electron chi connectivity index (χ2n) is 3.40. The number of halogens is 1. The highest BCUT2D eigenvalue weighted by Crippen LogP contribution is 2.49. The molecule has 0 aliphatic heterocycles. The maximum atomic E-state index is 6.00. The van der Waals surface area contributed by atoms with Gasteiger partial charge in [-0.15, -0.1) is 6.42 Å². The zero-order chi connectivity index (χ0) is 9.47. The number of hydrogen-bond acceptors (Lipinski definition) is 1. The fourth-order valence-corrected chi connectivity index (χ4v) is 1.98. The Balaban J connectivity index is 2.50. The monoisotopic (exact) mass is 194 g/mol. The van der Waals surface area contributed by atoms with Gasteiger partial charge in [0.2, 0.25) is 0 Å². The smallest absolute Gasteiger partial charge is 0.151 e. The molecule has 0 N–H and O–H groups in total. The molecule has 0 amide bonds. The highest BCUT2D eigenvalue weighted by atomic mass is 35.5. The molecule has 0 radical (unpaired) electrons. The molecule has 0 aromatic carbocycles. The minimum atomic E-state index is -0.108. The Hall–Kier alpha value is -0.940. The van der Waals surface area contributed by atoms with Crippen molar-refractivity contribution in [3.63, 3.8) is 0 Å². The number of rotatable bonds is 2. The molecule has 0 bridgehead atoms. The van der Waals surface area contributed by atoms with Crippen molar-refractivity contribution in [1.29, 1.82) is 0 Å². The third-order valence-corrected chi connectivity index (χ3v) is 2.89. The molecule has 0 saturated heterocycles. The molecule has 1 aromatic rings. The van der Waals surface area contributed by atoms with Gasteiger partial charge in [-0.25, -0.2) is 4.98 Å². The van der Waals surface area contributed by atoms with Gasteiger partial charge in [0.05, 0.1) is 17.4 Å². The van der Waals surface area contributed by atoms with Crippen LogP contribution in [0, 0.1) is 12.3 Å². The minimum absolute atomic E-state index is 0.108. The third kappa shape index (κ3) is 1.15. The van der Waals surface area contributed by atoms with Crippen LogP contribution in [0.1, 0.15) is 25.5 Å². The molecule has 2 rings (SSSR count). The first-order chi connectivity index (χ1) is 6.23. The largest absolute Gasteiger partial charge is 0.332 e. The molecule has 1 heterocycles. The lowest BCUT2D eigenvalue weighted by Crippen LogP contribution is -2.10. The van der Waals surface area contributed by atoms with Crippen LogP contribution in [0.4, 0.5) is 0 Å². The molecule has 1 saturated carbocycles. The molecule has 3 heteroatoms. The molecule has 1 aromatic heterocycles. The predicted molar refractivity (Wildman–Crippen MR) is 52.7 cm³/mol. The molecule has 0 spiro atoms.